The molecule has 4 nitrogen and oxygen atoms in total. The van der Waals surface area contributed by atoms with Crippen LogP contribution in [-0.2, 0) is 6.54 Å². The molecule has 0 N–H and O–H groups in total. The van der Waals surface area contributed by atoms with E-state index in [9.17, 15) is 4.79 Å². The SMILES string of the molecule is CCN(C)C(=O)N(C)Cc1ccncc1. The molecule has 0 aliphatic heterocycles. The van der Waals surface area contributed by atoms with E-state index in [1.54, 1.807) is 36.3 Å². The van der Waals surface area contributed by atoms with Crippen LogP contribution in [0.5, 0.6) is 0 Å². The van der Waals surface area contributed by atoms with Gasteiger partial charge in [0.15, 0.2) is 0 Å². The van der Waals surface area contributed by atoms with Crippen molar-refractivity contribution >= 4 is 6.03 Å². The van der Waals surface area contributed by atoms with Gasteiger partial charge in [-0.15, -0.1) is 0 Å². The van der Waals surface area contributed by atoms with Gasteiger partial charge < -0.3 is 9.80 Å². The Hall–Kier alpha value is -1.58. The van der Waals surface area contributed by atoms with Crippen LogP contribution in [0.25, 0.3) is 0 Å². The molecule has 1 rings (SSSR count). The van der Waals surface area contributed by atoms with Crippen molar-refractivity contribution in [3.8, 4) is 0 Å². The summed E-state index contributed by atoms with van der Waals surface area (Å²) in [6.07, 6.45) is 3.47. The summed E-state index contributed by atoms with van der Waals surface area (Å²) in [7, 11) is 3.60. The zero-order valence-electron chi connectivity index (χ0n) is 9.47. The molecule has 0 unspecified atom stereocenters. The number of rotatable bonds is 3. The second-order valence-electron chi connectivity index (χ2n) is 3.51. The minimum absolute atomic E-state index is 0.0364. The number of amides is 2. The van der Waals surface area contributed by atoms with Crippen LogP contribution in [0.15, 0.2) is 24.5 Å². The van der Waals surface area contributed by atoms with Gasteiger partial charge >= 0.3 is 6.03 Å². The van der Waals surface area contributed by atoms with Crippen molar-refractivity contribution in [3.05, 3.63) is 30.1 Å². The van der Waals surface area contributed by atoms with E-state index in [2.05, 4.69) is 4.98 Å². The van der Waals surface area contributed by atoms with E-state index in [0.717, 1.165) is 12.1 Å². The zero-order chi connectivity index (χ0) is 11.3. The van der Waals surface area contributed by atoms with Gasteiger partial charge in [0.2, 0.25) is 0 Å². The summed E-state index contributed by atoms with van der Waals surface area (Å²) in [5, 5.41) is 0. The summed E-state index contributed by atoms with van der Waals surface area (Å²) < 4.78 is 0. The van der Waals surface area contributed by atoms with Crippen molar-refractivity contribution in [3.63, 3.8) is 0 Å². The molecule has 2 amide bonds. The summed E-state index contributed by atoms with van der Waals surface area (Å²) in [6, 6.07) is 3.86. The van der Waals surface area contributed by atoms with Crippen molar-refractivity contribution in [2.45, 2.75) is 13.5 Å². The standard InChI is InChI=1S/C11H17N3O/c1-4-13(2)11(15)14(3)9-10-5-7-12-8-6-10/h5-8H,4,9H2,1-3H3. The summed E-state index contributed by atoms with van der Waals surface area (Å²) in [5.74, 6) is 0. The molecular formula is C11H17N3O. The van der Waals surface area contributed by atoms with Crippen LogP contribution in [0.2, 0.25) is 0 Å². The fraction of sp³-hybridized carbons (Fsp3) is 0.455. The van der Waals surface area contributed by atoms with E-state index in [0.29, 0.717) is 6.54 Å². The molecule has 0 aliphatic rings. The first-order valence-corrected chi connectivity index (χ1v) is 5.00. The Labute approximate surface area is 90.5 Å². The minimum atomic E-state index is 0.0364. The van der Waals surface area contributed by atoms with Crippen molar-refractivity contribution in [2.75, 3.05) is 20.6 Å². The monoisotopic (exact) mass is 207 g/mol. The molecule has 0 fully saturated rings. The highest BCUT2D eigenvalue weighted by Gasteiger charge is 2.12. The number of aromatic nitrogens is 1. The quantitative estimate of drug-likeness (QED) is 0.754. The molecule has 82 valence electrons. The predicted octanol–water partition coefficient (Wildman–Crippen LogP) is 1.59. The predicted molar refractivity (Wildman–Crippen MR) is 59.4 cm³/mol. The second-order valence-corrected chi connectivity index (χ2v) is 3.51. The lowest BCUT2D eigenvalue weighted by atomic mass is 10.2. The van der Waals surface area contributed by atoms with Crippen molar-refractivity contribution in [1.82, 2.24) is 14.8 Å². The summed E-state index contributed by atoms with van der Waals surface area (Å²) in [5.41, 5.74) is 1.09. The van der Waals surface area contributed by atoms with Gasteiger partial charge in [-0.3, -0.25) is 4.98 Å². The number of carbonyl (C=O) groups is 1. The van der Waals surface area contributed by atoms with Crippen LogP contribution in [0.1, 0.15) is 12.5 Å². The number of hydrogen-bond donors (Lipinski definition) is 0. The fourth-order valence-electron chi connectivity index (χ4n) is 1.26. The third-order valence-electron chi connectivity index (χ3n) is 2.30. The van der Waals surface area contributed by atoms with Crippen LogP contribution in [0, 0.1) is 0 Å². The van der Waals surface area contributed by atoms with Crippen molar-refractivity contribution < 1.29 is 4.79 Å². The molecule has 0 saturated heterocycles. The highest BCUT2D eigenvalue weighted by atomic mass is 16.2. The second kappa shape index (κ2) is 5.34. The van der Waals surface area contributed by atoms with Gasteiger partial charge in [0.1, 0.15) is 0 Å². The summed E-state index contributed by atoms with van der Waals surface area (Å²) in [6.45, 7) is 3.30. The Bertz CT molecular complexity index is 313. The highest BCUT2D eigenvalue weighted by molar-refractivity contribution is 5.73. The molecule has 0 saturated carbocycles. The Morgan fingerprint density at radius 2 is 1.87 bits per heavy atom. The Morgan fingerprint density at radius 1 is 1.27 bits per heavy atom. The Balaban J connectivity index is 2.56. The highest BCUT2D eigenvalue weighted by Crippen LogP contribution is 2.03. The molecule has 1 aromatic rings. The molecule has 0 aliphatic carbocycles. The lowest BCUT2D eigenvalue weighted by Gasteiger charge is -2.23. The minimum Gasteiger partial charge on any atom is -0.328 e. The Morgan fingerprint density at radius 3 is 2.40 bits per heavy atom. The third-order valence-corrected chi connectivity index (χ3v) is 2.30. The van der Waals surface area contributed by atoms with Crippen LogP contribution in [-0.4, -0.2) is 41.5 Å². The molecule has 15 heavy (non-hydrogen) atoms. The van der Waals surface area contributed by atoms with Gasteiger partial charge in [-0.2, -0.15) is 0 Å². The van der Waals surface area contributed by atoms with Gasteiger partial charge in [-0.1, -0.05) is 0 Å². The molecule has 1 heterocycles. The lowest BCUT2D eigenvalue weighted by Crippen LogP contribution is -2.38. The average Bonchev–Trinajstić information content (AvgIpc) is 2.28. The van der Waals surface area contributed by atoms with E-state index in [-0.39, 0.29) is 6.03 Å². The van der Waals surface area contributed by atoms with Crippen molar-refractivity contribution in [2.24, 2.45) is 0 Å². The zero-order valence-corrected chi connectivity index (χ0v) is 9.47. The van der Waals surface area contributed by atoms with E-state index in [4.69, 9.17) is 0 Å². The van der Waals surface area contributed by atoms with Crippen LogP contribution in [0.4, 0.5) is 4.79 Å². The first-order valence-electron chi connectivity index (χ1n) is 5.00. The van der Waals surface area contributed by atoms with Gasteiger partial charge in [-0.25, -0.2) is 4.79 Å². The number of urea groups is 1. The van der Waals surface area contributed by atoms with Gasteiger partial charge in [0.25, 0.3) is 0 Å². The van der Waals surface area contributed by atoms with E-state index in [1.807, 2.05) is 19.1 Å². The molecule has 0 bridgehead atoms. The number of hydrogen-bond acceptors (Lipinski definition) is 2. The first kappa shape index (κ1) is 11.5. The van der Waals surface area contributed by atoms with Crippen molar-refractivity contribution in [1.29, 1.82) is 0 Å². The van der Waals surface area contributed by atoms with Gasteiger partial charge in [0.05, 0.1) is 0 Å². The van der Waals surface area contributed by atoms with Crippen LogP contribution < -0.4 is 0 Å². The van der Waals surface area contributed by atoms with E-state index in [1.165, 1.54) is 0 Å². The third kappa shape index (κ3) is 3.23. The largest absolute Gasteiger partial charge is 0.328 e. The van der Waals surface area contributed by atoms with E-state index >= 15 is 0 Å². The van der Waals surface area contributed by atoms with E-state index < -0.39 is 0 Å². The number of nitrogens with zero attached hydrogens (tertiary/aromatic N) is 3. The Kier molecular flexibility index (Phi) is 4.09. The molecule has 0 atom stereocenters. The molecule has 0 radical (unpaired) electrons. The molecule has 1 aromatic heterocycles. The van der Waals surface area contributed by atoms with Crippen LogP contribution >= 0.6 is 0 Å². The fourth-order valence-corrected chi connectivity index (χ4v) is 1.26. The van der Waals surface area contributed by atoms with Crippen LogP contribution in [0.3, 0.4) is 0 Å². The van der Waals surface area contributed by atoms with Gasteiger partial charge in [0, 0.05) is 39.6 Å². The summed E-state index contributed by atoms with van der Waals surface area (Å²) >= 11 is 0. The maximum atomic E-state index is 11.7. The number of pyridine rings is 1. The molecular weight excluding hydrogens is 190 g/mol. The molecule has 0 aromatic carbocycles. The first-order chi connectivity index (χ1) is 7.15. The molecule has 4 heteroatoms. The normalized spacial score (nSPS) is 9.80. The maximum absolute atomic E-state index is 11.7. The maximum Gasteiger partial charge on any atom is 0.319 e. The topological polar surface area (TPSA) is 36.4 Å². The summed E-state index contributed by atoms with van der Waals surface area (Å²) in [4.78, 5) is 19.0. The average molecular weight is 207 g/mol. The lowest BCUT2D eigenvalue weighted by molar-refractivity contribution is 0.173. The molecule has 0 spiro atoms. The van der Waals surface area contributed by atoms with Gasteiger partial charge in [-0.05, 0) is 24.6 Å². The number of carbonyl (C=O) groups excluding carboxylic acids is 1. The smallest absolute Gasteiger partial charge is 0.319 e.